The second-order valence-electron chi connectivity index (χ2n) is 6.25. The number of nitrogens with zero attached hydrogens (tertiary/aromatic N) is 2. The van der Waals surface area contributed by atoms with E-state index in [4.69, 9.17) is 4.98 Å². The van der Waals surface area contributed by atoms with Crippen LogP contribution in [-0.4, -0.2) is 9.38 Å². The Hall–Kier alpha value is -2.59. The number of aromatic nitrogens is 2. The average Bonchev–Trinajstić information content (AvgIpc) is 2.95. The Kier molecular flexibility index (Phi) is 4.06. The summed E-state index contributed by atoms with van der Waals surface area (Å²) in [6, 6.07) is 20.8. The minimum Gasteiger partial charge on any atom is -0.339 e. The molecule has 4 rings (SSSR count). The number of rotatable bonds is 3. The fourth-order valence-corrected chi connectivity index (χ4v) is 3.28. The standard InChI is InChI=1S/C21H18BrN3/c1-14-6-9-18(10-7-14)23-21-20(16-4-3-5-17(22)12-16)24-19-11-8-15(2)13-25(19)21/h3-13,23H,1-2H3. The van der Waals surface area contributed by atoms with Crippen molar-refractivity contribution < 1.29 is 0 Å². The van der Waals surface area contributed by atoms with Gasteiger partial charge in [-0.2, -0.15) is 0 Å². The summed E-state index contributed by atoms with van der Waals surface area (Å²) in [5, 5.41) is 3.55. The fraction of sp³-hybridized carbons (Fsp3) is 0.0952. The maximum Gasteiger partial charge on any atom is 0.143 e. The Morgan fingerprint density at radius 2 is 1.68 bits per heavy atom. The molecule has 0 fully saturated rings. The molecule has 0 aliphatic rings. The topological polar surface area (TPSA) is 29.3 Å². The van der Waals surface area contributed by atoms with Gasteiger partial charge in [-0.15, -0.1) is 0 Å². The van der Waals surface area contributed by atoms with E-state index in [0.717, 1.165) is 32.9 Å². The minimum absolute atomic E-state index is 0.926. The van der Waals surface area contributed by atoms with Gasteiger partial charge < -0.3 is 5.32 Å². The Balaban J connectivity index is 1.91. The maximum absolute atomic E-state index is 4.86. The average molecular weight is 392 g/mol. The van der Waals surface area contributed by atoms with Crippen LogP contribution in [-0.2, 0) is 0 Å². The predicted molar refractivity (Wildman–Crippen MR) is 108 cm³/mol. The highest BCUT2D eigenvalue weighted by Gasteiger charge is 2.15. The van der Waals surface area contributed by atoms with Crippen LogP contribution < -0.4 is 5.32 Å². The highest BCUT2D eigenvalue weighted by molar-refractivity contribution is 9.10. The van der Waals surface area contributed by atoms with E-state index >= 15 is 0 Å². The molecule has 124 valence electrons. The van der Waals surface area contributed by atoms with Crippen molar-refractivity contribution in [3.8, 4) is 11.3 Å². The van der Waals surface area contributed by atoms with Gasteiger partial charge in [0.25, 0.3) is 0 Å². The normalized spacial score (nSPS) is 11.0. The molecular formula is C21H18BrN3. The number of imidazole rings is 1. The van der Waals surface area contributed by atoms with Crippen LogP contribution in [0.4, 0.5) is 11.5 Å². The van der Waals surface area contributed by atoms with Gasteiger partial charge >= 0.3 is 0 Å². The van der Waals surface area contributed by atoms with E-state index in [1.165, 1.54) is 11.1 Å². The SMILES string of the molecule is Cc1ccc(Nc2c(-c3cccc(Br)c3)nc3ccc(C)cn23)cc1. The molecule has 0 spiro atoms. The van der Waals surface area contributed by atoms with Crippen molar-refractivity contribution in [3.63, 3.8) is 0 Å². The molecule has 0 amide bonds. The van der Waals surface area contributed by atoms with Gasteiger partial charge in [-0.25, -0.2) is 4.98 Å². The lowest BCUT2D eigenvalue weighted by molar-refractivity contribution is 1.16. The van der Waals surface area contributed by atoms with Crippen LogP contribution in [0.15, 0.2) is 71.3 Å². The molecule has 1 N–H and O–H groups in total. The van der Waals surface area contributed by atoms with Gasteiger partial charge in [-0.3, -0.25) is 4.40 Å². The first kappa shape index (κ1) is 15.9. The molecule has 2 aromatic heterocycles. The molecule has 3 nitrogen and oxygen atoms in total. The lowest BCUT2D eigenvalue weighted by atomic mass is 10.1. The number of benzene rings is 2. The number of nitrogens with one attached hydrogen (secondary N) is 1. The zero-order valence-corrected chi connectivity index (χ0v) is 15.7. The number of hydrogen-bond donors (Lipinski definition) is 1. The zero-order chi connectivity index (χ0) is 17.4. The van der Waals surface area contributed by atoms with Crippen LogP contribution in [0.25, 0.3) is 16.9 Å². The van der Waals surface area contributed by atoms with Crippen molar-refractivity contribution in [1.29, 1.82) is 0 Å². The summed E-state index contributed by atoms with van der Waals surface area (Å²) in [4.78, 5) is 4.86. The van der Waals surface area contributed by atoms with Gasteiger partial charge in [-0.05, 0) is 49.7 Å². The Morgan fingerprint density at radius 3 is 2.44 bits per heavy atom. The van der Waals surface area contributed by atoms with Gasteiger partial charge in [0.2, 0.25) is 0 Å². The van der Waals surface area contributed by atoms with Crippen LogP contribution >= 0.6 is 15.9 Å². The van der Waals surface area contributed by atoms with Gasteiger partial charge in [0.05, 0.1) is 0 Å². The number of halogens is 1. The predicted octanol–water partition coefficient (Wildman–Crippen LogP) is 6.12. The third-order valence-corrected chi connectivity index (χ3v) is 4.67. The third kappa shape index (κ3) is 3.17. The van der Waals surface area contributed by atoms with Crippen LogP contribution in [0.5, 0.6) is 0 Å². The Labute approximate surface area is 155 Å². The minimum atomic E-state index is 0.926. The van der Waals surface area contributed by atoms with Crippen LogP contribution in [0.3, 0.4) is 0 Å². The van der Waals surface area contributed by atoms with Crippen LogP contribution in [0.1, 0.15) is 11.1 Å². The molecule has 0 bridgehead atoms. The molecule has 0 aliphatic carbocycles. The Bertz CT molecular complexity index is 1050. The van der Waals surface area contributed by atoms with Crippen molar-refractivity contribution in [1.82, 2.24) is 9.38 Å². The summed E-state index contributed by atoms with van der Waals surface area (Å²) in [6.45, 7) is 4.18. The summed E-state index contributed by atoms with van der Waals surface area (Å²) < 4.78 is 3.16. The number of aryl methyl sites for hydroxylation is 2. The van der Waals surface area contributed by atoms with Gasteiger partial charge in [-0.1, -0.05) is 51.8 Å². The highest BCUT2D eigenvalue weighted by atomic mass is 79.9. The molecule has 2 aromatic carbocycles. The highest BCUT2D eigenvalue weighted by Crippen LogP contribution is 2.32. The van der Waals surface area contributed by atoms with Crippen molar-refractivity contribution in [2.24, 2.45) is 0 Å². The lowest BCUT2D eigenvalue weighted by Gasteiger charge is -2.10. The largest absolute Gasteiger partial charge is 0.339 e. The lowest BCUT2D eigenvalue weighted by Crippen LogP contribution is -1.97. The second-order valence-corrected chi connectivity index (χ2v) is 7.16. The summed E-state index contributed by atoms with van der Waals surface area (Å²) in [6.07, 6.45) is 2.11. The van der Waals surface area contributed by atoms with Crippen molar-refractivity contribution >= 4 is 33.1 Å². The molecule has 25 heavy (non-hydrogen) atoms. The summed E-state index contributed by atoms with van der Waals surface area (Å²) >= 11 is 3.56. The van der Waals surface area contributed by atoms with Crippen LogP contribution in [0.2, 0.25) is 0 Å². The van der Waals surface area contributed by atoms with E-state index in [0.29, 0.717) is 0 Å². The molecule has 0 aliphatic heterocycles. The van der Waals surface area contributed by atoms with Crippen molar-refractivity contribution in [2.75, 3.05) is 5.32 Å². The third-order valence-electron chi connectivity index (χ3n) is 4.18. The van der Waals surface area contributed by atoms with Crippen molar-refractivity contribution in [3.05, 3.63) is 82.5 Å². The molecule has 0 radical (unpaired) electrons. The smallest absolute Gasteiger partial charge is 0.143 e. The summed E-state index contributed by atoms with van der Waals surface area (Å²) in [7, 11) is 0. The van der Waals surface area contributed by atoms with Gasteiger partial charge in [0.1, 0.15) is 17.2 Å². The van der Waals surface area contributed by atoms with E-state index in [-0.39, 0.29) is 0 Å². The second kappa shape index (κ2) is 6.37. The number of hydrogen-bond acceptors (Lipinski definition) is 2. The first-order chi connectivity index (χ1) is 12.1. The van der Waals surface area contributed by atoms with E-state index in [1.807, 2.05) is 12.1 Å². The first-order valence-electron chi connectivity index (χ1n) is 8.18. The van der Waals surface area contributed by atoms with E-state index in [2.05, 4.69) is 94.2 Å². The van der Waals surface area contributed by atoms with E-state index < -0.39 is 0 Å². The number of pyridine rings is 1. The van der Waals surface area contributed by atoms with Gasteiger partial charge in [0.15, 0.2) is 0 Å². The quantitative estimate of drug-likeness (QED) is 0.455. The number of anilines is 2. The molecule has 4 aromatic rings. The summed E-state index contributed by atoms with van der Waals surface area (Å²) in [5.74, 6) is 0.973. The fourth-order valence-electron chi connectivity index (χ4n) is 2.88. The maximum atomic E-state index is 4.86. The summed E-state index contributed by atoms with van der Waals surface area (Å²) in [5.41, 5.74) is 6.42. The molecule has 0 unspecified atom stereocenters. The molecular weight excluding hydrogens is 374 g/mol. The van der Waals surface area contributed by atoms with Crippen molar-refractivity contribution in [2.45, 2.75) is 13.8 Å². The van der Waals surface area contributed by atoms with E-state index in [9.17, 15) is 0 Å². The van der Waals surface area contributed by atoms with Gasteiger partial charge in [0, 0.05) is 21.9 Å². The molecule has 0 saturated heterocycles. The zero-order valence-electron chi connectivity index (χ0n) is 14.1. The molecule has 4 heteroatoms. The molecule has 2 heterocycles. The van der Waals surface area contributed by atoms with E-state index in [1.54, 1.807) is 0 Å². The molecule has 0 saturated carbocycles. The Morgan fingerprint density at radius 1 is 0.920 bits per heavy atom. The molecule has 0 atom stereocenters. The monoisotopic (exact) mass is 391 g/mol. The number of fused-ring (bicyclic) bond motifs is 1. The first-order valence-corrected chi connectivity index (χ1v) is 8.98. The van der Waals surface area contributed by atoms with Crippen LogP contribution in [0, 0.1) is 13.8 Å².